The monoisotopic (exact) mass is 797 g/mol. The van der Waals surface area contributed by atoms with Crippen molar-refractivity contribution in [3.8, 4) is 56.0 Å². The number of hydrogen-bond donors (Lipinski definition) is 2. The van der Waals surface area contributed by atoms with Gasteiger partial charge in [-0.15, -0.1) is 0 Å². The zero-order chi connectivity index (χ0) is 39.9. The van der Waals surface area contributed by atoms with Gasteiger partial charge in [-0.2, -0.15) is 0 Å². The van der Waals surface area contributed by atoms with E-state index in [1.807, 2.05) is 146 Å². The molecule has 7 aromatic carbocycles. The number of phenolic OH excluding ortho intramolecular Hbond substituents is 2. The van der Waals surface area contributed by atoms with Crippen LogP contribution in [0.1, 0.15) is 25.0 Å². The zero-order valence-corrected chi connectivity index (χ0v) is 32.1. The molecule has 285 valence electrons. The maximum Gasteiger partial charge on any atom is 2.00 e. The second kappa shape index (κ2) is 21.1. The number of aliphatic carboxylic acids is 2. The Labute approximate surface area is 342 Å². The number of aromatic hydroxyl groups is 2. The number of aliphatic imine (C=N–C) groups is 2. The van der Waals surface area contributed by atoms with Crippen LogP contribution in [-0.2, 0) is 26.4 Å². The fourth-order valence-corrected chi connectivity index (χ4v) is 5.69. The van der Waals surface area contributed by atoms with Crippen LogP contribution in [0.25, 0.3) is 44.5 Å². The first kappa shape index (κ1) is 42.7. The van der Waals surface area contributed by atoms with Crippen LogP contribution in [0.5, 0.6) is 11.5 Å². The minimum atomic E-state index is -1.08. The summed E-state index contributed by atoms with van der Waals surface area (Å²) in [6.45, 7) is 1.94. The van der Waals surface area contributed by atoms with Crippen molar-refractivity contribution < 1.29 is 46.8 Å². The Morgan fingerprint density at radius 1 is 0.439 bits per heavy atom. The molecule has 0 saturated heterocycles. The number of rotatable bonds is 8. The molecule has 0 heterocycles. The molecule has 0 unspecified atom stereocenters. The van der Waals surface area contributed by atoms with Gasteiger partial charge in [0, 0.05) is 46.6 Å². The summed E-state index contributed by atoms with van der Waals surface area (Å²) >= 11 is 0. The molecule has 1 radical (unpaired) electrons. The summed E-state index contributed by atoms with van der Waals surface area (Å²) < 4.78 is 0. The SMILES string of the molecule is CC(=O)[O-].CC(=O)[O-].Oc1c(C=Nc2ccc(N=Cc3cc(-c4ccccc4)cc(-c4ccccc4)c3O)cc2)cc(-c2ccccc2)cc1-c1ccccc1.[Co+2]. The number of nitrogens with zero attached hydrogens (tertiary/aromatic N) is 2. The Balaban J connectivity index is 0.000000734. The largest absolute Gasteiger partial charge is 2.00 e. The summed E-state index contributed by atoms with van der Waals surface area (Å²) in [6, 6.07) is 55.5. The van der Waals surface area contributed by atoms with Gasteiger partial charge in [0.2, 0.25) is 0 Å². The Morgan fingerprint density at radius 2 is 0.702 bits per heavy atom. The standard InChI is InChI=1S/C44H32N2O2.2C2H4O2.Co/c47-43-37(25-35(31-13-5-1-6-14-31)27-41(43)33-17-9-3-10-18-33)29-45-39-21-23-40(24-22-39)46-30-38-26-36(32-15-7-2-8-16-32)28-42(44(38)48)34-19-11-4-12-20-34;2*1-2(3)4;/h1-30,47-48H;2*1H3,(H,3,4);/q;;;+2/p-2. The predicted molar refractivity (Wildman–Crippen MR) is 220 cm³/mol. The van der Waals surface area contributed by atoms with Crippen LogP contribution in [0.2, 0.25) is 0 Å². The van der Waals surface area contributed by atoms with E-state index >= 15 is 0 Å². The molecule has 0 spiro atoms. The van der Waals surface area contributed by atoms with Gasteiger partial charge in [-0.3, -0.25) is 9.98 Å². The number of carbonyl (C=O) groups excluding carboxylic acids is 2. The van der Waals surface area contributed by atoms with Crippen molar-refractivity contribution >= 4 is 35.7 Å². The first-order chi connectivity index (χ1) is 27.1. The van der Waals surface area contributed by atoms with Gasteiger partial charge in [0.25, 0.3) is 0 Å². The number of phenols is 2. The van der Waals surface area contributed by atoms with Crippen LogP contribution >= 0.6 is 0 Å². The molecule has 0 aliphatic carbocycles. The Morgan fingerprint density at radius 3 is 0.982 bits per heavy atom. The topological polar surface area (TPSA) is 145 Å². The van der Waals surface area contributed by atoms with Crippen LogP contribution in [0.4, 0.5) is 11.4 Å². The van der Waals surface area contributed by atoms with Gasteiger partial charge < -0.3 is 30.0 Å². The van der Waals surface area contributed by atoms with E-state index in [1.54, 1.807) is 12.4 Å². The molecule has 0 fully saturated rings. The number of hydrogen-bond acceptors (Lipinski definition) is 8. The molecule has 0 saturated carbocycles. The predicted octanol–water partition coefficient (Wildman–Crippen LogP) is 8.78. The maximum absolute atomic E-state index is 11.3. The number of carboxylic acid groups (broad SMARTS) is 2. The summed E-state index contributed by atoms with van der Waals surface area (Å²) in [5.41, 5.74) is 10.2. The molecular weight excluding hydrogens is 759 g/mol. The van der Waals surface area contributed by atoms with Crippen molar-refractivity contribution in [2.24, 2.45) is 9.98 Å². The minimum absolute atomic E-state index is 0. The molecule has 0 aromatic heterocycles. The molecule has 7 rings (SSSR count). The van der Waals surface area contributed by atoms with Gasteiger partial charge in [0.15, 0.2) is 0 Å². The minimum Gasteiger partial charge on any atom is -0.550 e. The third-order valence-corrected chi connectivity index (χ3v) is 8.22. The quantitative estimate of drug-likeness (QED) is 0.147. The van der Waals surface area contributed by atoms with Crippen molar-refractivity contribution in [2.45, 2.75) is 13.8 Å². The molecule has 0 aliphatic heterocycles. The molecule has 8 nitrogen and oxygen atoms in total. The van der Waals surface area contributed by atoms with Crippen LogP contribution in [-0.4, -0.2) is 34.6 Å². The Bertz CT molecular complexity index is 2260. The van der Waals surface area contributed by atoms with Crippen LogP contribution in [0.3, 0.4) is 0 Å². The van der Waals surface area contributed by atoms with Crippen molar-refractivity contribution in [1.29, 1.82) is 0 Å². The second-order valence-corrected chi connectivity index (χ2v) is 12.4. The molecule has 9 heteroatoms. The van der Waals surface area contributed by atoms with Crippen molar-refractivity contribution in [3.05, 3.63) is 181 Å². The van der Waals surface area contributed by atoms with E-state index in [-0.39, 0.29) is 28.3 Å². The van der Waals surface area contributed by atoms with Crippen molar-refractivity contribution in [3.63, 3.8) is 0 Å². The summed E-state index contributed by atoms with van der Waals surface area (Å²) in [7, 11) is 0. The third-order valence-electron chi connectivity index (χ3n) is 8.22. The van der Waals surface area contributed by atoms with Gasteiger partial charge in [-0.25, -0.2) is 0 Å². The summed E-state index contributed by atoms with van der Waals surface area (Å²) in [4.78, 5) is 27.2. The van der Waals surface area contributed by atoms with Gasteiger partial charge in [-0.1, -0.05) is 121 Å². The Hall–Kier alpha value is -7.07. The molecule has 0 amide bonds. The maximum atomic E-state index is 11.3. The van der Waals surface area contributed by atoms with Crippen LogP contribution < -0.4 is 10.2 Å². The first-order valence-corrected chi connectivity index (χ1v) is 17.6. The van der Waals surface area contributed by atoms with Crippen LogP contribution in [0.15, 0.2) is 180 Å². The van der Waals surface area contributed by atoms with Crippen molar-refractivity contribution in [2.75, 3.05) is 0 Å². The Kier molecular flexibility index (Phi) is 15.8. The smallest absolute Gasteiger partial charge is 0.550 e. The molecule has 0 bridgehead atoms. The summed E-state index contributed by atoms with van der Waals surface area (Å²) in [6.07, 6.45) is 3.40. The normalized spacial score (nSPS) is 10.4. The van der Waals surface area contributed by atoms with E-state index in [1.165, 1.54) is 0 Å². The first-order valence-electron chi connectivity index (χ1n) is 17.6. The molecule has 57 heavy (non-hydrogen) atoms. The number of carboxylic acids is 2. The molecule has 7 aromatic rings. The molecule has 0 atom stereocenters. The van der Waals surface area contributed by atoms with E-state index in [0.717, 1.165) is 69.7 Å². The fourth-order valence-electron chi connectivity index (χ4n) is 5.69. The summed E-state index contributed by atoms with van der Waals surface area (Å²) in [5.74, 6) is -1.81. The van der Waals surface area contributed by atoms with E-state index < -0.39 is 11.9 Å². The summed E-state index contributed by atoms with van der Waals surface area (Å²) in [5, 5.41) is 40.4. The van der Waals surface area contributed by atoms with Gasteiger partial charge in [-0.05, 0) is 95.8 Å². The second-order valence-electron chi connectivity index (χ2n) is 12.4. The van der Waals surface area contributed by atoms with Gasteiger partial charge in [0.1, 0.15) is 11.5 Å². The number of benzene rings is 7. The van der Waals surface area contributed by atoms with E-state index in [9.17, 15) is 10.2 Å². The van der Waals surface area contributed by atoms with Crippen molar-refractivity contribution in [1.82, 2.24) is 0 Å². The fraction of sp³-hybridized carbons (Fsp3) is 0.0417. The van der Waals surface area contributed by atoms with E-state index in [0.29, 0.717) is 11.1 Å². The molecule has 0 aliphatic rings. The van der Waals surface area contributed by atoms with E-state index in [4.69, 9.17) is 29.8 Å². The zero-order valence-electron chi connectivity index (χ0n) is 31.1. The number of carbonyl (C=O) groups is 2. The van der Waals surface area contributed by atoms with Gasteiger partial charge >= 0.3 is 16.8 Å². The average molecular weight is 798 g/mol. The molecular formula is C48H38CoN2O6. The third kappa shape index (κ3) is 12.5. The van der Waals surface area contributed by atoms with Crippen LogP contribution in [0, 0.1) is 0 Å². The average Bonchev–Trinajstić information content (AvgIpc) is 3.21. The molecule has 2 N–H and O–H groups in total. The van der Waals surface area contributed by atoms with E-state index in [2.05, 4.69) is 24.3 Å². The van der Waals surface area contributed by atoms with Gasteiger partial charge in [0.05, 0.1) is 11.4 Å².